The summed E-state index contributed by atoms with van der Waals surface area (Å²) >= 11 is 0. The van der Waals surface area contributed by atoms with Gasteiger partial charge in [-0.25, -0.2) is 9.97 Å². The molecule has 1 aliphatic heterocycles. The van der Waals surface area contributed by atoms with Crippen molar-refractivity contribution in [3.8, 4) is 0 Å². The largest absolute Gasteiger partial charge is 0.347 e. The Labute approximate surface area is 122 Å². The summed E-state index contributed by atoms with van der Waals surface area (Å²) in [6, 6.07) is 1.60. The van der Waals surface area contributed by atoms with Gasteiger partial charge < -0.3 is 9.88 Å². The Balaban J connectivity index is 2.03. The lowest BCUT2D eigenvalue weighted by Crippen LogP contribution is -2.35. The van der Waals surface area contributed by atoms with Gasteiger partial charge in [-0.3, -0.25) is 10.1 Å². The molecule has 0 radical (unpaired) electrons. The van der Waals surface area contributed by atoms with Crippen LogP contribution in [0, 0.1) is 17.0 Å². The topological polar surface area (TPSA) is 88.0 Å². The van der Waals surface area contributed by atoms with Crippen LogP contribution < -0.4 is 4.90 Å². The number of rotatable bonds is 3. The Morgan fingerprint density at radius 2 is 2.29 bits per heavy atom. The zero-order chi connectivity index (χ0) is 14.8. The number of imidazole rings is 1. The van der Waals surface area contributed by atoms with Crippen molar-refractivity contribution in [2.75, 3.05) is 11.4 Å². The van der Waals surface area contributed by atoms with E-state index in [1.165, 1.54) is 0 Å². The number of aromatic nitrogens is 3. The number of pyridine rings is 1. The molecule has 0 aliphatic carbocycles. The first-order valence-electron chi connectivity index (χ1n) is 7.04. The van der Waals surface area contributed by atoms with Crippen molar-refractivity contribution in [1.82, 2.24) is 15.0 Å². The second-order valence-electron chi connectivity index (χ2n) is 5.29. The van der Waals surface area contributed by atoms with Gasteiger partial charge >= 0.3 is 5.69 Å². The third kappa shape index (κ3) is 2.58. The number of hydrogen-bond acceptors (Lipinski definition) is 5. The smallest absolute Gasteiger partial charge is 0.311 e. The summed E-state index contributed by atoms with van der Waals surface area (Å²) in [5.41, 5.74) is 0.852. The minimum atomic E-state index is -0.358. The second-order valence-corrected chi connectivity index (χ2v) is 5.29. The van der Waals surface area contributed by atoms with Gasteiger partial charge in [-0.05, 0) is 31.7 Å². The van der Waals surface area contributed by atoms with E-state index in [0.717, 1.165) is 37.2 Å². The fourth-order valence-electron chi connectivity index (χ4n) is 2.83. The molecule has 3 rings (SSSR count). The van der Waals surface area contributed by atoms with E-state index in [1.807, 2.05) is 11.8 Å². The van der Waals surface area contributed by atoms with Crippen LogP contribution in [-0.4, -0.2) is 26.4 Å². The average molecular weight is 287 g/mol. The molecule has 110 valence electrons. The van der Waals surface area contributed by atoms with Crippen molar-refractivity contribution in [2.24, 2.45) is 0 Å². The summed E-state index contributed by atoms with van der Waals surface area (Å²) in [7, 11) is 0. The molecule has 0 amide bonds. The van der Waals surface area contributed by atoms with Crippen LogP contribution >= 0.6 is 0 Å². The fraction of sp³-hybridized carbons (Fsp3) is 0.429. The lowest BCUT2D eigenvalue weighted by atomic mass is 10.0. The highest BCUT2D eigenvalue weighted by Crippen LogP contribution is 2.37. The molecule has 1 fully saturated rings. The van der Waals surface area contributed by atoms with Gasteiger partial charge in [-0.15, -0.1) is 0 Å². The zero-order valence-corrected chi connectivity index (χ0v) is 11.8. The summed E-state index contributed by atoms with van der Waals surface area (Å²) in [6.45, 7) is 2.56. The normalized spacial score (nSPS) is 18.7. The van der Waals surface area contributed by atoms with Crippen LogP contribution in [0.1, 0.15) is 36.7 Å². The Kier molecular flexibility index (Phi) is 3.55. The number of piperidine rings is 1. The summed E-state index contributed by atoms with van der Waals surface area (Å²) in [5, 5.41) is 11.3. The van der Waals surface area contributed by atoms with Gasteiger partial charge in [-0.2, -0.15) is 0 Å². The Bertz CT molecular complexity index is 641. The highest BCUT2D eigenvalue weighted by atomic mass is 16.6. The quantitative estimate of drug-likeness (QED) is 0.692. The van der Waals surface area contributed by atoms with Gasteiger partial charge in [0, 0.05) is 31.2 Å². The third-order valence-electron chi connectivity index (χ3n) is 3.79. The summed E-state index contributed by atoms with van der Waals surface area (Å²) < 4.78 is 0. The van der Waals surface area contributed by atoms with Gasteiger partial charge in [0.1, 0.15) is 5.82 Å². The molecule has 0 bridgehead atoms. The van der Waals surface area contributed by atoms with E-state index in [2.05, 4.69) is 15.0 Å². The maximum Gasteiger partial charge on any atom is 0.311 e. The number of hydrogen-bond donors (Lipinski definition) is 1. The Hall–Kier alpha value is -2.44. The number of nitrogens with one attached hydrogen (secondary N) is 1. The number of aryl methyl sites for hydroxylation is 1. The summed E-state index contributed by atoms with van der Waals surface area (Å²) in [6.07, 6.45) is 8.17. The molecule has 0 saturated carbocycles. The standard InChI is InChI=1S/C14H17N5O2/c1-10-8-12(19(20)21)14(17-9-10)18-7-3-2-4-11(18)13-15-5-6-16-13/h5-6,8-9,11H,2-4,7H2,1H3,(H,15,16)/t11-/m1/s1. The number of nitro groups is 1. The molecule has 2 aromatic rings. The predicted molar refractivity (Wildman–Crippen MR) is 78.2 cm³/mol. The third-order valence-corrected chi connectivity index (χ3v) is 3.79. The van der Waals surface area contributed by atoms with Gasteiger partial charge in [0.25, 0.3) is 0 Å². The highest BCUT2D eigenvalue weighted by Gasteiger charge is 2.31. The summed E-state index contributed by atoms with van der Waals surface area (Å²) in [4.78, 5) is 24.7. The lowest BCUT2D eigenvalue weighted by Gasteiger charge is -2.35. The molecule has 0 spiro atoms. The van der Waals surface area contributed by atoms with E-state index in [-0.39, 0.29) is 16.7 Å². The number of anilines is 1. The van der Waals surface area contributed by atoms with E-state index in [1.54, 1.807) is 24.7 Å². The minimum absolute atomic E-state index is 0.0163. The van der Waals surface area contributed by atoms with Gasteiger partial charge in [-0.1, -0.05) is 0 Å². The van der Waals surface area contributed by atoms with Gasteiger partial charge in [0.2, 0.25) is 5.82 Å². The molecule has 1 saturated heterocycles. The molecule has 1 aliphatic rings. The van der Waals surface area contributed by atoms with Crippen LogP contribution in [0.4, 0.5) is 11.5 Å². The Morgan fingerprint density at radius 1 is 1.43 bits per heavy atom. The van der Waals surface area contributed by atoms with Crippen LogP contribution in [0.5, 0.6) is 0 Å². The molecule has 1 N–H and O–H groups in total. The molecule has 7 heteroatoms. The van der Waals surface area contributed by atoms with Gasteiger partial charge in [0.05, 0.1) is 11.0 Å². The lowest BCUT2D eigenvalue weighted by molar-refractivity contribution is -0.384. The summed E-state index contributed by atoms with van der Waals surface area (Å²) in [5.74, 6) is 1.28. The van der Waals surface area contributed by atoms with Crippen LogP contribution in [0.15, 0.2) is 24.7 Å². The maximum absolute atomic E-state index is 11.3. The first-order chi connectivity index (χ1) is 10.2. The molecule has 0 unspecified atom stereocenters. The van der Waals surface area contributed by atoms with Crippen LogP contribution in [0.25, 0.3) is 0 Å². The van der Waals surface area contributed by atoms with Crippen LogP contribution in [0.2, 0.25) is 0 Å². The fourth-order valence-corrected chi connectivity index (χ4v) is 2.83. The zero-order valence-electron chi connectivity index (χ0n) is 11.8. The van der Waals surface area contributed by atoms with Crippen LogP contribution in [0.3, 0.4) is 0 Å². The number of aromatic amines is 1. The molecular formula is C14H17N5O2. The highest BCUT2D eigenvalue weighted by molar-refractivity contribution is 5.59. The maximum atomic E-state index is 11.3. The molecule has 0 aromatic carbocycles. The average Bonchev–Trinajstić information content (AvgIpc) is 3.01. The van der Waals surface area contributed by atoms with E-state index in [0.29, 0.717) is 5.82 Å². The first-order valence-corrected chi connectivity index (χ1v) is 7.04. The van der Waals surface area contributed by atoms with Crippen LogP contribution in [-0.2, 0) is 0 Å². The van der Waals surface area contributed by atoms with Crippen molar-refractivity contribution in [3.63, 3.8) is 0 Å². The SMILES string of the molecule is Cc1cnc(N2CCCC[C@@H]2c2ncc[nH]2)c([N+](=O)[O-])c1. The van der Waals surface area contributed by atoms with Gasteiger partial charge in [0.15, 0.2) is 0 Å². The molecule has 1 atom stereocenters. The van der Waals surface area contributed by atoms with E-state index < -0.39 is 0 Å². The minimum Gasteiger partial charge on any atom is -0.347 e. The molecule has 7 nitrogen and oxygen atoms in total. The molecule has 3 heterocycles. The van der Waals surface area contributed by atoms with Crippen molar-refractivity contribution in [2.45, 2.75) is 32.2 Å². The Morgan fingerprint density at radius 3 is 3.00 bits per heavy atom. The second kappa shape index (κ2) is 5.51. The molecule has 2 aromatic heterocycles. The first kappa shape index (κ1) is 13.5. The number of H-pyrrole nitrogens is 1. The van der Waals surface area contributed by atoms with Crippen molar-refractivity contribution < 1.29 is 4.92 Å². The van der Waals surface area contributed by atoms with E-state index in [4.69, 9.17) is 0 Å². The van der Waals surface area contributed by atoms with Crippen molar-refractivity contribution in [1.29, 1.82) is 0 Å². The monoisotopic (exact) mass is 287 g/mol. The van der Waals surface area contributed by atoms with Crippen molar-refractivity contribution >= 4 is 11.5 Å². The molecular weight excluding hydrogens is 270 g/mol. The number of nitrogens with zero attached hydrogens (tertiary/aromatic N) is 4. The predicted octanol–water partition coefficient (Wildman–Crippen LogP) is 2.75. The van der Waals surface area contributed by atoms with E-state index in [9.17, 15) is 10.1 Å². The van der Waals surface area contributed by atoms with E-state index >= 15 is 0 Å². The molecule has 21 heavy (non-hydrogen) atoms. The van der Waals surface area contributed by atoms with Crippen molar-refractivity contribution in [3.05, 3.63) is 46.2 Å².